The van der Waals surface area contributed by atoms with E-state index in [-0.39, 0.29) is 0 Å². The number of allylic oxidation sites excluding steroid dienone is 6. The third kappa shape index (κ3) is 0.841. The topological polar surface area (TPSA) is 0 Å². The van der Waals surface area contributed by atoms with Crippen LogP contribution in [0.2, 0.25) is 0 Å². The van der Waals surface area contributed by atoms with E-state index < -0.39 is 0 Å². The molecule has 0 aromatic rings. The average molecular weight is 132 g/mol. The average Bonchev–Trinajstić information content (AvgIpc) is 2.39. The van der Waals surface area contributed by atoms with Crippen LogP contribution in [0.15, 0.2) is 36.5 Å². The van der Waals surface area contributed by atoms with Crippen LogP contribution in [0.3, 0.4) is 0 Å². The molecule has 0 N–H and O–H groups in total. The van der Waals surface area contributed by atoms with Crippen LogP contribution in [0.4, 0.5) is 0 Å². The standard InChI is InChI=1S/C10H12/c1-2-6-10(7-3-1)8-4-5-9-10/h2-7H,1,8-9H2. The lowest BCUT2D eigenvalue weighted by molar-refractivity contribution is 0.529. The van der Waals surface area contributed by atoms with E-state index >= 15 is 0 Å². The molecular formula is C10H12. The van der Waals surface area contributed by atoms with Gasteiger partial charge >= 0.3 is 0 Å². The van der Waals surface area contributed by atoms with Gasteiger partial charge in [-0.3, -0.25) is 0 Å². The molecule has 52 valence electrons. The molecule has 2 rings (SSSR count). The first-order valence-electron chi connectivity index (χ1n) is 3.92. The Hall–Kier alpha value is -0.780. The summed E-state index contributed by atoms with van der Waals surface area (Å²) in [5, 5.41) is 0. The molecule has 0 heterocycles. The fourth-order valence-corrected chi connectivity index (χ4v) is 1.70. The van der Waals surface area contributed by atoms with Gasteiger partial charge < -0.3 is 0 Å². The predicted molar refractivity (Wildman–Crippen MR) is 43.7 cm³/mol. The van der Waals surface area contributed by atoms with E-state index in [4.69, 9.17) is 0 Å². The van der Waals surface area contributed by atoms with Gasteiger partial charge in [0.15, 0.2) is 0 Å². The maximum absolute atomic E-state index is 2.35. The SMILES string of the molecule is C1=CC2(C=CC1)CC=CC2. The molecule has 0 bridgehead atoms. The molecule has 2 aliphatic carbocycles. The summed E-state index contributed by atoms with van der Waals surface area (Å²) in [6.45, 7) is 0. The second kappa shape index (κ2) is 2.12. The van der Waals surface area contributed by atoms with Gasteiger partial charge in [0, 0.05) is 5.41 Å². The molecule has 2 aliphatic rings. The molecule has 0 nitrogen and oxygen atoms in total. The Morgan fingerprint density at radius 1 is 0.800 bits per heavy atom. The van der Waals surface area contributed by atoms with Crippen molar-refractivity contribution in [3.8, 4) is 0 Å². The lowest BCUT2D eigenvalue weighted by atomic mass is 9.82. The Morgan fingerprint density at radius 2 is 1.40 bits per heavy atom. The third-order valence-electron chi connectivity index (χ3n) is 2.33. The van der Waals surface area contributed by atoms with Gasteiger partial charge in [-0.15, -0.1) is 0 Å². The minimum atomic E-state index is 0.401. The van der Waals surface area contributed by atoms with Gasteiger partial charge in [-0.25, -0.2) is 0 Å². The van der Waals surface area contributed by atoms with Crippen LogP contribution < -0.4 is 0 Å². The summed E-state index contributed by atoms with van der Waals surface area (Å²) < 4.78 is 0. The van der Waals surface area contributed by atoms with Crippen LogP contribution in [-0.4, -0.2) is 0 Å². The van der Waals surface area contributed by atoms with Crippen molar-refractivity contribution in [2.45, 2.75) is 19.3 Å². The maximum atomic E-state index is 2.35. The van der Waals surface area contributed by atoms with Crippen LogP contribution >= 0.6 is 0 Å². The highest BCUT2D eigenvalue weighted by Gasteiger charge is 2.25. The molecular weight excluding hydrogens is 120 g/mol. The summed E-state index contributed by atoms with van der Waals surface area (Å²) in [6.07, 6.45) is 17.3. The molecule has 1 spiro atoms. The second-order valence-electron chi connectivity index (χ2n) is 3.15. The third-order valence-corrected chi connectivity index (χ3v) is 2.33. The lowest BCUT2D eigenvalue weighted by Gasteiger charge is -2.22. The molecule has 0 saturated heterocycles. The van der Waals surface area contributed by atoms with Gasteiger partial charge in [-0.05, 0) is 19.3 Å². The fourth-order valence-electron chi connectivity index (χ4n) is 1.70. The van der Waals surface area contributed by atoms with Crippen LogP contribution in [-0.2, 0) is 0 Å². The van der Waals surface area contributed by atoms with E-state index in [2.05, 4.69) is 36.5 Å². The highest BCUT2D eigenvalue weighted by atomic mass is 14.3. The number of hydrogen-bond donors (Lipinski definition) is 0. The highest BCUT2D eigenvalue weighted by molar-refractivity contribution is 5.24. The van der Waals surface area contributed by atoms with Crippen molar-refractivity contribution in [2.75, 3.05) is 0 Å². The van der Waals surface area contributed by atoms with E-state index in [0.29, 0.717) is 5.41 Å². The summed E-state index contributed by atoms with van der Waals surface area (Å²) in [5.74, 6) is 0. The van der Waals surface area contributed by atoms with Crippen LogP contribution in [0, 0.1) is 5.41 Å². The van der Waals surface area contributed by atoms with Crippen molar-refractivity contribution >= 4 is 0 Å². The molecule has 0 aliphatic heterocycles. The minimum absolute atomic E-state index is 0.401. The molecule has 0 fully saturated rings. The molecule has 0 amide bonds. The molecule has 0 radical (unpaired) electrons. The van der Waals surface area contributed by atoms with Crippen LogP contribution in [0.5, 0.6) is 0 Å². The summed E-state index contributed by atoms with van der Waals surface area (Å²) in [6, 6.07) is 0. The Labute approximate surface area is 61.9 Å². The number of hydrogen-bond acceptors (Lipinski definition) is 0. The van der Waals surface area contributed by atoms with Crippen molar-refractivity contribution in [1.29, 1.82) is 0 Å². The highest BCUT2D eigenvalue weighted by Crippen LogP contribution is 2.38. The minimum Gasteiger partial charge on any atom is -0.0873 e. The van der Waals surface area contributed by atoms with Crippen molar-refractivity contribution < 1.29 is 0 Å². The predicted octanol–water partition coefficient (Wildman–Crippen LogP) is 2.84. The van der Waals surface area contributed by atoms with Gasteiger partial charge in [0.25, 0.3) is 0 Å². The van der Waals surface area contributed by atoms with Crippen molar-refractivity contribution in [3.63, 3.8) is 0 Å². The Morgan fingerprint density at radius 3 is 2.00 bits per heavy atom. The van der Waals surface area contributed by atoms with Gasteiger partial charge in [0.1, 0.15) is 0 Å². The van der Waals surface area contributed by atoms with E-state index in [1.807, 2.05) is 0 Å². The lowest BCUT2D eigenvalue weighted by Crippen LogP contribution is -2.10. The molecule has 0 atom stereocenters. The zero-order valence-corrected chi connectivity index (χ0v) is 6.09. The van der Waals surface area contributed by atoms with E-state index in [0.717, 1.165) is 6.42 Å². The molecule has 0 heteroatoms. The van der Waals surface area contributed by atoms with Crippen molar-refractivity contribution in [3.05, 3.63) is 36.5 Å². The first-order chi connectivity index (χ1) is 4.91. The fraction of sp³-hybridized carbons (Fsp3) is 0.400. The quantitative estimate of drug-likeness (QED) is 0.444. The molecule has 0 aromatic carbocycles. The largest absolute Gasteiger partial charge is 0.0873 e. The zero-order valence-electron chi connectivity index (χ0n) is 6.09. The van der Waals surface area contributed by atoms with E-state index in [9.17, 15) is 0 Å². The van der Waals surface area contributed by atoms with E-state index in [1.54, 1.807) is 0 Å². The Kier molecular flexibility index (Phi) is 1.26. The Balaban J connectivity index is 2.21. The van der Waals surface area contributed by atoms with Gasteiger partial charge in [0.05, 0.1) is 0 Å². The summed E-state index contributed by atoms with van der Waals surface area (Å²) in [4.78, 5) is 0. The molecule has 0 aromatic heterocycles. The molecule has 0 unspecified atom stereocenters. The Bertz CT molecular complexity index is 184. The van der Waals surface area contributed by atoms with Crippen LogP contribution in [0.25, 0.3) is 0 Å². The van der Waals surface area contributed by atoms with Gasteiger partial charge in [-0.2, -0.15) is 0 Å². The van der Waals surface area contributed by atoms with Crippen molar-refractivity contribution in [2.24, 2.45) is 5.41 Å². The molecule has 0 saturated carbocycles. The second-order valence-corrected chi connectivity index (χ2v) is 3.15. The number of rotatable bonds is 0. The first-order valence-corrected chi connectivity index (χ1v) is 3.92. The first kappa shape index (κ1) is 5.96. The van der Waals surface area contributed by atoms with Crippen LogP contribution in [0.1, 0.15) is 19.3 Å². The summed E-state index contributed by atoms with van der Waals surface area (Å²) in [7, 11) is 0. The summed E-state index contributed by atoms with van der Waals surface area (Å²) in [5.41, 5.74) is 0.401. The monoisotopic (exact) mass is 132 g/mol. The smallest absolute Gasteiger partial charge is 0.0130 e. The van der Waals surface area contributed by atoms with Gasteiger partial charge in [-0.1, -0.05) is 36.5 Å². The maximum Gasteiger partial charge on any atom is 0.0130 e. The van der Waals surface area contributed by atoms with E-state index in [1.165, 1.54) is 12.8 Å². The van der Waals surface area contributed by atoms with Crippen molar-refractivity contribution in [1.82, 2.24) is 0 Å². The zero-order chi connectivity index (χ0) is 6.86. The molecule has 10 heavy (non-hydrogen) atoms. The normalized spacial score (nSPS) is 26.4. The van der Waals surface area contributed by atoms with Gasteiger partial charge in [0.2, 0.25) is 0 Å². The summed E-state index contributed by atoms with van der Waals surface area (Å²) >= 11 is 0.